The van der Waals surface area contributed by atoms with Gasteiger partial charge in [0.05, 0.1) is 4.92 Å². The SMILES string of the molecule is O=[N+]([O-])c1ccc(NCCC2CCCC2)c2cccnc12. The van der Waals surface area contributed by atoms with Crippen molar-refractivity contribution in [3.05, 3.63) is 40.6 Å². The predicted molar refractivity (Wildman–Crippen MR) is 83.5 cm³/mol. The van der Waals surface area contributed by atoms with Crippen LogP contribution in [0.25, 0.3) is 10.9 Å². The zero-order valence-corrected chi connectivity index (χ0v) is 11.9. The fraction of sp³-hybridized carbons (Fsp3) is 0.438. The Morgan fingerprint density at radius 1 is 1.29 bits per heavy atom. The topological polar surface area (TPSA) is 68.1 Å². The molecule has 0 amide bonds. The summed E-state index contributed by atoms with van der Waals surface area (Å²) in [4.78, 5) is 14.8. The largest absolute Gasteiger partial charge is 0.384 e. The molecule has 0 radical (unpaired) electrons. The summed E-state index contributed by atoms with van der Waals surface area (Å²) >= 11 is 0. The molecule has 0 atom stereocenters. The Balaban J connectivity index is 1.79. The number of nitro benzene ring substituents is 1. The second kappa shape index (κ2) is 6.08. The van der Waals surface area contributed by atoms with Crippen LogP contribution in [0.15, 0.2) is 30.5 Å². The molecule has 1 heterocycles. The van der Waals surface area contributed by atoms with Crippen LogP contribution >= 0.6 is 0 Å². The summed E-state index contributed by atoms with van der Waals surface area (Å²) in [5.41, 5.74) is 1.45. The van der Waals surface area contributed by atoms with Crippen molar-refractivity contribution in [2.45, 2.75) is 32.1 Å². The van der Waals surface area contributed by atoms with Crippen LogP contribution in [0, 0.1) is 16.0 Å². The quantitative estimate of drug-likeness (QED) is 0.662. The summed E-state index contributed by atoms with van der Waals surface area (Å²) in [6.07, 6.45) is 8.15. The number of benzene rings is 1. The highest BCUT2D eigenvalue weighted by Gasteiger charge is 2.16. The standard InChI is InChI=1S/C16H19N3O2/c20-19(21)15-8-7-14(13-6-3-10-18-16(13)15)17-11-9-12-4-1-2-5-12/h3,6-8,10,12,17H,1-2,4-5,9,11H2. The molecule has 0 bridgehead atoms. The Hall–Kier alpha value is -2.17. The van der Waals surface area contributed by atoms with Gasteiger partial charge in [-0.15, -0.1) is 0 Å². The summed E-state index contributed by atoms with van der Waals surface area (Å²) in [5.74, 6) is 0.833. The summed E-state index contributed by atoms with van der Waals surface area (Å²) < 4.78 is 0. The van der Waals surface area contributed by atoms with E-state index in [1.54, 1.807) is 12.3 Å². The average Bonchev–Trinajstić information content (AvgIpc) is 3.00. The van der Waals surface area contributed by atoms with E-state index in [4.69, 9.17) is 0 Å². The van der Waals surface area contributed by atoms with Gasteiger partial charge in [-0.1, -0.05) is 25.7 Å². The smallest absolute Gasteiger partial charge is 0.295 e. The molecule has 1 aliphatic carbocycles. The Morgan fingerprint density at radius 2 is 2.10 bits per heavy atom. The molecule has 2 aromatic rings. The van der Waals surface area contributed by atoms with E-state index in [0.29, 0.717) is 5.52 Å². The van der Waals surface area contributed by atoms with E-state index in [1.807, 2.05) is 12.1 Å². The first-order valence-electron chi connectivity index (χ1n) is 7.51. The monoisotopic (exact) mass is 285 g/mol. The number of nitrogens with zero attached hydrogens (tertiary/aromatic N) is 2. The van der Waals surface area contributed by atoms with Gasteiger partial charge in [0.25, 0.3) is 5.69 Å². The van der Waals surface area contributed by atoms with Gasteiger partial charge in [-0.3, -0.25) is 10.1 Å². The minimum Gasteiger partial charge on any atom is -0.384 e. The summed E-state index contributed by atoms with van der Waals surface area (Å²) in [5, 5.41) is 15.3. The Labute approximate surface area is 123 Å². The third kappa shape index (κ3) is 2.96. The van der Waals surface area contributed by atoms with Crippen molar-refractivity contribution in [2.24, 2.45) is 5.92 Å². The van der Waals surface area contributed by atoms with Gasteiger partial charge in [0, 0.05) is 29.9 Å². The van der Waals surface area contributed by atoms with Gasteiger partial charge in [-0.05, 0) is 30.5 Å². The Bertz CT molecular complexity index is 651. The van der Waals surface area contributed by atoms with Crippen molar-refractivity contribution in [3.63, 3.8) is 0 Å². The number of hydrogen-bond acceptors (Lipinski definition) is 4. The molecular formula is C16H19N3O2. The number of fused-ring (bicyclic) bond motifs is 1. The number of pyridine rings is 1. The molecule has 1 fully saturated rings. The van der Waals surface area contributed by atoms with Crippen LogP contribution in [-0.4, -0.2) is 16.5 Å². The minimum atomic E-state index is -0.377. The van der Waals surface area contributed by atoms with E-state index in [2.05, 4.69) is 10.3 Å². The van der Waals surface area contributed by atoms with E-state index in [9.17, 15) is 10.1 Å². The van der Waals surface area contributed by atoms with Gasteiger partial charge in [0.15, 0.2) is 0 Å². The first-order chi connectivity index (χ1) is 10.3. The van der Waals surface area contributed by atoms with Gasteiger partial charge >= 0.3 is 0 Å². The number of non-ortho nitro benzene ring substituents is 1. The molecule has 1 aromatic heterocycles. The first-order valence-corrected chi connectivity index (χ1v) is 7.51. The van der Waals surface area contributed by atoms with E-state index in [-0.39, 0.29) is 10.6 Å². The predicted octanol–water partition coefficient (Wildman–Crippen LogP) is 4.14. The average molecular weight is 285 g/mol. The normalized spacial score (nSPS) is 15.4. The number of aromatic nitrogens is 1. The maximum Gasteiger partial charge on any atom is 0.295 e. The van der Waals surface area contributed by atoms with Gasteiger partial charge in [-0.2, -0.15) is 0 Å². The Kier molecular flexibility index (Phi) is 3.99. The highest BCUT2D eigenvalue weighted by molar-refractivity contribution is 5.96. The molecular weight excluding hydrogens is 266 g/mol. The number of anilines is 1. The fourth-order valence-electron chi connectivity index (χ4n) is 3.17. The number of rotatable bonds is 5. The van der Waals surface area contributed by atoms with E-state index in [0.717, 1.165) is 23.5 Å². The molecule has 1 aromatic carbocycles. The number of nitrogens with one attached hydrogen (secondary N) is 1. The molecule has 0 spiro atoms. The molecule has 5 nitrogen and oxygen atoms in total. The third-order valence-electron chi connectivity index (χ3n) is 4.29. The zero-order chi connectivity index (χ0) is 14.7. The molecule has 1 N–H and O–H groups in total. The molecule has 110 valence electrons. The molecule has 0 unspecified atom stereocenters. The lowest BCUT2D eigenvalue weighted by Crippen LogP contribution is -2.07. The fourth-order valence-corrected chi connectivity index (χ4v) is 3.17. The molecule has 1 saturated carbocycles. The van der Waals surface area contributed by atoms with Crippen molar-refractivity contribution in [1.82, 2.24) is 4.98 Å². The van der Waals surface area contributed by atoms with Gasteiger partial charge in [0.1, 0.15) is 5.52 Å². The number of hydrogen-bond donors (Lipinski definition) is 1. The van der Waals surface area contributed by atoms with Crippen LogP contribution in [0.1, 0.15) is 32.1 Å². The van der Waals surface area contributed by atoms with Gasteiger partial charge < -0.3 is 5.32 Å². The lowest BCUT2D eigenvalue weighted by Gasteiger charge is -2.12. The molecule has 5 heteroatoms. The second-order valence-electron chi connectivity index (χ2n) is 5.65. The van der Waals surface area contributed by atoms with Crippen molar-refractivity contribution in [2.75, 3.05) is 11.9 Å². The summed E-state index contributed by atoms with van der Waals surface area (Å²) in [7, 11) is 0. The van der Waals surface area contributed by atoms with Crippen molar-refractivity contribution < 1.29 is 4.92 Å². The maximum atomic E-state index is 11.1. The summed E-state index contributed by atoms with van der Waals surface area (Å²) in [6, 6.07) is 7.02. The van der Waals surface area contributed by atoms with Crippen LogP contribution in [0.5, 0.6) is 0 Å². The van der Waals surface area contributed by atoms with Crippen LogP contribution < -0.4 is 5.32 Å². The highest BCUT2D eigenvalue weighted by Crippen LogP contribution is 2.31. The second-order valence-corrected chi connectivity index (χ2v) is 5.65. The third-order valence-corrected chi connectivity index (χ3v) is 4.29. The molecule has 21 heavy (non-hydrogen) atoms. The lowest BCUT2D eigenvalue weighted by molar-refractivity contribution is -0.383. The van der Waals surface area contributed by atoms with Crippen molar-refractivity contribution in [1.29, 1.82) is 0 Å². The molecule has 1 aliphatic rings. The first kappa shape index (κ1) is 13.8. The molecule has 3 rings (SSSR count). The summed E-state index contributed by atoms with van der Waals surface area (Å²) in [6.45, 7) is 0.909. The van der Waals surface area contributed by atoms with Crippen LogP contribution in [0.4, 0.5) is 11.4 Å². The Morgan fingerprint density at radius 3 is 2.86 bits per heavy atom. The van der Waals surface area contributed by atoms with E-state index in [1.165, 1.54) is 38.2 Å². The van der Waals surface area contributed by atoms with E-state index < -0.39 is 0 Å². The maximum absolute atomic E-state index is 11.1. The highest BCUT2D eigenvalue weighted by atomic mass is 16.6. The van der Waals surface area contributed by atoms with Gasteiger partial charge in [0.2, 0.25) is 0 Å². The van der Waals surface area contributed by atoms with Crippen LogP contribution in [-0.2, 0) is 0 Å². The van der Waals surface area contributed by atoms with Gasteiger partial charge in [-0.25, -0.2) is 4.98 Å². The lowest BCUT2D eigenvalue weighted by atomic mass is 10.0. The minimum absolute atomic E-state index is 0.0620. The number of nitro groups is 1. The molecule has 0 aliphatic heterocycles. The van der Waals surface area contributed by atoms with E-state index >= 15 is 0 Å². The van der Waals surface area contributed by atoms with Crippen LogP contribution in [0.2, 0.25) is 0 Å². The van der Waals surface area contributed by atoms with Crippen molar-refractivity contribution in [3.8, 4) is 0 Å². The van der Waals surface area contributed by atoms with Crippen LogP contribution in [0.3, 0.4) is 0 Å². The zero-order valence-electron chi connectivity index (χ0n) is 11.9. The molecule has 0 saturated heterocycles. The van der Waals surface area contributed by atoms with Crippen molar-refractivity contribution >= 4 is 22.3 Å².